The van der Waals surface area contributed by atoms with Gasteiger partial charge in [-0.25, -0.2) is 8.78 Å². The van der Waals surface area contributed by atoms with Crippen LogP contribution in [-0.4, -0.2) is 34.1 Å². The average Bonchev–Trinajstić information content (AvgIpc) is 2.68. The number of halogens is 3. The molecule has 6 nitrogen and oxygen atoms in total. The highest BCUT2D eigenvalue weighted by molar-refractivity contribution is 6.32. The fourth-order valence-corrected chi connectivity index (χ4v) is 2.76. The summed E-state index contributed by atoms with van der Waals surface area (Å²) in [6.07, 6.45) is 0.337. The van der Waals surface area contributed by atoms with Gasteiger partial charge >= 0.3 is 0 Å². The first-order valence-corrected chi connectivity index (χ1v) is 9.07. The van der Waals surface area contributed by atoms with Crippen molar-refractivity contribution in [3.8, 4) is 11.4 Å². The van der Waals surface area contributed by atoms with Crippen LogP contribution in [-0.2, 0) is 0 Å². The quantitative estimate of drug-likeness (QED) is 0.612. The molecule has 1 aromatic heterocycles. The van der Waals surface area contributed by atoms with E-state index in [-0.39, 0.29) is 29.5 Å². The van der Waals surface area contributed by atoms with Crippen molar-refractivity contribution in [3.05, 3.63) is 81.2 Å². The molecular formula is C20H18ClF2N3O3. The van der Waals surface area contributed by atoms with E-state index in [4.69, 9.17) is 16.3 Å². The number of nitrogens with zero attached hydrogens (tertiary/aromatic N) is 2. The summed E-state index contributed by atoms with van der Waals surface area (Å²) in [5.41, 5.74) is 0.195. The highest BCUT2D eigenvalue weighted by atomic mass is 35.5. The molecule has 1 heterocycles. The number of aryl methyl sites for hydroxylation is 1. The number of rotatable bonds is 7. The summed E-state index contributed by atoms with van der Waals surface area (Å²) in [4.78, 5) is 12.4. The third kappa shape index (κ3) is 5.10. The maximum Gasteiger partial charge on any atom is 0.292 e. The molecule has 9 heteroatoms. The van der Waals surface area contributed by atoms with Crippen molar-refractivity contribution >= 4 is 17.3 Å². The van der Waals surface area contributed by atoms with Gasteiger partial charge in [-0.1, -0.05) is 23.7 Å². The van der Waals surface area contributed by atoms with E-state index in [9.17, 15) is 18.7 Å². The molecule has 2 aromatic carbocycles. The predicted molar refractivity (Wildman–Crippen MR) is 106 cm³/mol. The van der Waals surface area contributed by atoms with Crippen LogP contribution in [0.3, 0.4) is 0 Å². The van der Waals surface area contributed by atoms with Crippen LogP contribution in [0.25, 0.3) is 5.69 Å². The van der Waals surface area contributed by atoms with E-state index in [0.29, 0.717) is 11.8 Å². The number of benzene rings is 2. The second-order valence-corrected chi connectivity index (χ2v) is 6.73. The summed E-state index contributed by atoms with van der Waals surface area (Å²) in [7, 11) is 0. The maximum absolute atomic E-state index is 13.9. The van der Waals surface area contributed by atoms with Crippen molar-refractivity contribution in [2.75, 3.05) is 18.5 Å². The maximum atomic E-state index is 13.9. The van der Waals surface area contributed by atoms with Crippen LogP contribution in [0.15, 0.2) is 53.5 Å². The van der Waals surface area contributed by atoms with Gasteiger partial charge in [0.05, 0.1) is 11.9 Å². The van der Waals surface area contributed by atoms with Crippen LogP contribution >= 0.6 is 11.6 Å². The Morgan fingerprint density at radius 3 is 2.79 bits per heavy atom. The van der Waals surface area contributed by atoms with Crippen LogP contribution in [0.2, 0.25) is 5.02 Å². The third-order valence-corrected chi connectivity index (χ3v) is 4.38. The van der Waals surface area contributed by atoms with Gasteiger partial charge in [0.15, 0.2) is 5.82 Å². The number of aromatic nitrogens is 2. The molecule has 3 aromatic rings. The minimum atomic E-state index is -0.944. The topological polar surface area (TPSA) is 76.4 Å². The van der Waals surface area contributed by atoms with Gasteiger partial charge in [0, 0.05) is 12.6 Å². The second-order valence-electron chi connectivity index (χ2n) is 6.35. The van der Waals surface area contributed by atoms with Gasteiger partial charge in [-0.3, -0.25) is 4.79 Å². The van der Waals surface area contributed by atoms with Gasteiger partial charge in [0.2, 0.25) is 0 Å². The first-order valence-electron chi connectivity index (χ1n) is 8.70. The van der Waals surface area contributed by atoms with Crippen LogP contribution in [0, 0.1) is 18.6 Å². The Kier molecular flexibility index (Phi) is 6.46. The molecule has 0 amide bonds. The minimum Gasteiger partial charge on any atom is -0.491 e. The van der Waals surface area contributed by atoms with Crippen molar-refractivity contribution < 1.29 is 18.6 Å². The Balaban J connectivity index is 1.65. The molecule has 152 valence electrons. The van der Waals surface area contributed by atoms with E-state index < -0.39 is 23.3 Å². The molecule has 0 aliphatic heterocycles. The van der Waals surface area contributed by atoms with Crippen molar-refractivity contribution in [2.45, 2.75) is 13.0 Å². The lowest BCUT2D eigenvalue weighted by atomic mass is 10.2. The summed E-state index contributed by atoms with van der Waals surface area (Å²) < 4.78 is 33.2. The van der Waals surface area contributed by atoms with E-state index in [2.05, 4.69) is 10.4 Å². The molecule has 0 aliphatic rings. The van der Waals surface area contributed by atoms with Crippen molar-refractivity contribution in [1.82, 2.24) is 9.78 Å². The Labute approximate surface area is 170 Å². The number of anilines is 1. The molecule has 1 atom stereocenters. The number of hydrogen-bond donors (Lipinski definition) is 2. The Morgan fingerprint density at radius 2 is 2.07 bits per heavy atom. The molecular weight excluding hydrogens is 404 g/mol. The van der Waals surface area contributed by atoms with E-state index in [1.165, 1.54) is 6.20 Å². The number of ether oxygens (including phenoxy) is 1. The van der Waals surface area contributed by atoms with E-state index in [1.54, 1.807) is 6.07 Å². The summed E-state index contributed by atoms with van der Waals surface area (Å²) in [5, 5.41) is 16.5. The number of aliphatic hydroxyl groups is 1. The molecule has 1 unspecified atom stereocenters. The Bertz CT molecular complexity index is 1080. The number of aliphatic hydroxyl groups excluding tert-OH is 1. The lowest BCUT2D eigenvalue weighted by Gasteiger charge is -2.15. The predicted octanol–water partition coefficient (Wildman–Crippen LogP) is 3.32. The van der Waals surface area contributed by atoms with Gasteiger partial charge in [0.1, 0.15) is 35.0 Å². The molecule has 0 saturated carbocycles. The van der Waals surface area contributed by atoms with Gasteiger partial charge in [-0.15, -0.1) is 0 Å². The SMILES string of the molecule is Cc1cccc(OCC(O)CNc2cnn(-c3ccc(F)cc3F)c(=O)c2Cl)c1. The zero-order valence-electron chi connectivity index (χ0n) is 15.4. The summed E-state index contributed by atoms with van der Waals surface area (Å²) >= 11 is 6.06. The Hall–Kier alpha value is -2.97. The van der Waals surface area contributed by atoms with Crippen LogP contribution in [0.4, 0.5) is 14.5 Å². The zero-order chi connectivity index (χ0) is 21.0. The Morgan fingerprint density at radius 1 is 1.28 bits per heavy atom. The fourth-order valence-electron chi connectivity index (χ4n) is 2.56. The van der Waals surface area contributed by atoms with E-state index in [0.717, 1.165) is 22.4 Å². The molecule has 0 fully saturated rings. The summed E-state index contributed by atoms with van der Waals surface area (Å²) in [6.45, 7) is 2.00. The smallest absolute Gasteiger partial charge is 0.292 e. The number of hydrogen-bond acceptors (Lipinski definition) is 5. The third-order valence-electron chi connectivity index (χ3n) is 4.02. The first-order chi connectivity index (χ1) is 13.8. The van der Waals surface area contributed by atoms with Gasteiger partial charge < -0.3 is 15.2 Å². The van der Waals surface area contributed by atoms with Crippen LogP contribution in [0.1, 0.15) is 5.56 Å². The lowest BCUT2D eigenvalue weighted by Crippen LogP contribution is -2.28. The highest BCUT2D eigenvalue weighted by Gasteiger charge is 2.15. The van der Waals surface area contributed by atoms with E-state index in [1.807, 2.05) is 25.1 Å². The summed E-state index contributed by atoms with van der Waals surface area (Å²) in [6, 6.07) is 10.1. The molecule has 0 aliphatic carbocycles. The standard InChI is InChI=1S/C20H18ClF2N3O3/c1-12-3-2-4-15(7-12)29-11-14(27)9-24-17-10-25-26(20(28)19(17)21)18-6-5-13(22)8-16(18)23/h2-8,10,14,24,27H,9,11H2,1H3. The molecule has 3 rings (SSSR count). The van der Waals surface area contributed by atoms with Crippen molar-refractivity contribution in [1.29, 1.82) is 0 Å². The van der Waals surface area contributed by atoms with Gasteiger partial charge in [0.25, 0.3) is 5.56 Å². The lowest BCUT2D eigenvalue weighted by molar-refractivity contribution is 0.117. The molecule has 29 heavy (non-hydrogen) atoms. The summed E-state index contributed by atoms with van der Waals surface area (Å²) in [5.74, 6) is -1.08. The zero-order valence-corrected chi connectivity index (χ0v) is 16.2. The van der Waals surface area contributed by atoms with Crippen molar-refractivity contribution in [2.24, 2.45) is 0 Å². The minimum absolute atomic E-state index is 0.0271. The fraction of sp³-hybridized carbons (Fsp3) is 0.200. The number of nitrogens with one attached hydrogen (secondary N) is 1. The second kappa shape index (κ2) is 9.02. The first kappa shape index (κ1) is 20.8. The molecule has 0 radical (unpaired) electrons. The molecule has 0 saturated heterocycles. The normalized spacial score (nSPS) is 11.9. The van der Waals surface area contributed by atoms with Crippen molar-refractivity contribution in [3.63, 3.8) is 0 Å². The van der Waals surface area contributed by atoms with Gasteiger partial charge in [-0.05, 0) is 36.8 Å². The monoisotopic (exact) mass is 421 g/mol. The molecule has 0 bridgehead atoms. The molecule has 2 N–H and O–H groups in total. The largest absolute Gasteiger partial charge is 0.491 e. The molecule has 0 spiro atoms. The van der Waals surface area contributed by atoms with Crippen LogP contribution < -0.4 is 15.6 Å². The highest BCUT2D eigenvalue weighted by Crippen LogP contribution is 2.18. The van der Waals surface area contributed by atoms with E-state index >= 15 is 0 Å². The average molecular weight is 422 g/mol. The van der Waals surface area contributed by atoms with Crippen LogP contribution in [0.5, 0.6) is 5.75 Å². The van der Waals surface area contributed by atoms with Gasteiger partial charge in [-0.2, -0.15) is 9.78 Å².